The van der Waals surface area contributed by atoms with E-state index in [9.17, 15) is 9.59 Å². The molecule has 3 rings (SSSR count). The summed E-state index contributed by atoms with van der Waals surface area (Å²) >= 11 is 0. The molecule has 0 aliphatic carbocycles. The zero-order valence-electron chi connectivity index (χ0n) is 22.2. The highest BCUT2D eigenvalue weighted by Crippen LogP contribution is 2.36. The van der Waals surface area contributed by atoms with Gasteiger partial charge in [-0.3, -0.25) is 9.59 Å². The maximum Gasteiger partial charge on any atom is 0.185 e. The molecule has 0 saturated carbocycles. The van der Waals surface area contributed by atoms with E-state index in [1.54, 1.807) is 74.9 Å². The van der Waals surface area contributed by atoms with Crippen molar-refractivity contribution < 1.29 is 38.0 Å². The third kappa shape index (κ3) is 6.34. The van der Waals surface area contributed by atoms with Gasteiger partial charge in [0, 0.05) is 35.4 Å². The van der Waals surface area contributed by atoms with E-state index in [2.05, 4.69) is 0 Å². The molecule has 0 unspecified atom stereocenters. The fourth-order valence-electron chi connectivity index (χ4n) is 3.70. The number of ether oxygens (including phenoxy) is 6. The first-order valence-electron chi connectivity index (χ1n) is 11.5. The van der Waals surface area contributed by atoms with Crippen molar-refractivity contribution >= 4 is 23.7 Å². The van der Waals surface area contributed by atoms with Gasteiger partial charge in [-0.05, 0) is 24.3 Å². The van der Waals surface area contributed by atoms with Crippen molar-refractivity contribution in [3.8, 4) is 34.5 Å². The summed E-state index contributed by atoms with van der Waals surface area (Å²) < 4.78 is 32.2. The van der Waals surface area contributed by atoms with E-state index in [1.807, 2.05) is 0 Å². The van der Waals surface area contributed by atoms with E-state index < -0.39 is 0 Å². The fraction of sp³-hybridized carbons (Fsp3) is 0.200. The minimum Gasteiger partial charge on any atom is -0.496 e. The van der Waals surface area contributed by atoms with Gasteiger partial charge in [0.1, 0.15) is 34.5 Å². The predicted octanol–water partition coefficient (Wildman–Crippen LogP) is 5.53. The van der Waals surface area contributed by atoms with E-state index in [4.69, 9.17) is 28.4 Å². The number of hydrogen-bond acceptors (Lipinski definition) is 8. The van der Waals surface area contributed by atoms with E-state index in [0.717, 1.165) is 0 Å². The first-order valence-corrected chi connectivity index (χ1v) is 11.5. The predicted molar refractivity (Wildman–Crippen MR) is 145 cm³/mol. The molecule has 0 N–H and O–H groups in total. The molecular weight excluding hydrogens is 488 g/mol. The molecular formula is C30H30O8. The van der Waals surface area contributed by atoms with Crippen LogP contribution in [0.4, 0.5) is 0 Å². The van der Waals surface area contributed by atoms with Crippen LogP contribution in [0, 0.1) is 0 Å². The molecule has 3 aromatic carbocycles. The second kappa shape index (κ2) is 13.0. The highest BCUT2D eigenvalue weighted by Gasteiger charge is 2.13. The summed E-state index contributed by atoms with van der Waals surface area (Å²) in [5.41, 5.74) is 2.05. The maximum absolute atomic E-state index is 12.8. The highest BCUT2D eigenvalue weighted by atomic mass is 16.5. The van der Waals surface area contributed by atoms with Gasteiger partial charge in [-0.25, -0.2) is 0 Å². The Bertz CT molecular complexity index is 1200. The normalized spacial score (nSPS) is 10.9. The Kier molecular flexibility index (Phi) is 9.54. The molecule has 0 aromatic heterocycles. The maximum atomic E-state index is 12.8. The SMILES string of the molecule is COc1cc(OC)c(/C=C/C(=O)c2ccc(C(=O)/C=C/c3c(OC)cc(OC)cc3OC)cc2)c(OC)c1. The summed E-state index contributed by atoms with van der Waals surface area (Å²) in [7, 11) is 9.20. The van der Waals surface area contributed by atoms with Crippen LogP contribution in [0.1, 0.15) is 31.8 Å². The van der Waals surface area contributed by atoms with Gasteiger partial charge < -0.3 is 28.4 Å². The lowest BCUT2D eigenvalue weighted by Crippen LogP contribution is -1.99. The van der Waals surface area contributed by atoms with Crippen LogP contribution in [0.3, 0.4) is 0 Å². The number of carbonyl (C=O) groups excluding carboxylic acids is 2. The van der Waals surface area contributed by atoms with Crippen molar-refractivity contribution in [2.45, 2.75) is 0 Å². The Morgan fingerprint density at radius 2 is 0.789 bits per heavy atom. The van der Waals surface area contributed by atoms with Gasteiger partial charge >= 0.3 is 0 Å². The number of methoxy groups -OCH3 is 6. The van der Waals surface area contributed by atoms with Crippen molar-refractivity contribution in [2.24, 2.45) is 0 Å². The molecule has 0 aliphatic rings. The molecule has 0 amide bonds. The van der Waals surface area contributed by atoms with Gasteiger partial charge in [0.05, 0.1) is 53.8 Å². The standard InChI is InChI=1S/C30H30O8/c1-33-21-15-27(35-3)23(28(16-21)36-4)11-13-25(31)19-7-9-20(10-8-19)26(32)14-12-24-29(37-5)17-22(34-2)18-30(24)38-6/h7-18H,1-6H3/b13-11+,14-12+. The van der Waals surface area contributed by atoms with E-state index in [-0.39, 0.29) is 11.6 Å². The summed E-state index contributed by atoms with van der Waals surface area (Å²) in [6.45, 7) is 0. The minimum atomic E-state index is -0.243. The fourth-order valence-corrected chi connectivity index (χ4v) is 3.70. The van der Waals surface area contributed by atoms with Gasteiger partial charge in [-0.15, -0.1) is 0 Å². The largest absolute Gasteiger partial charge is 0.496 e. The van der Waals surface area contributed by atoms with Crippen LogP contribution < -0.4 is 28.4 Å². The number of carbonyl (C=O) groups is 2. The number of ketones is 2. The van der Waals surface area contributed by atoms with Crippen molar-refractivity contribution in [3.63, 3.8) is 0 Å². The summed E-state index contributed by atoms with van der Waals surface area (Å²) in [5.74, 6) is 2.66. The van der Waals surface area contributed by atoms with Gasteiger partial charge in [-0.1, -0.05) is 24.3 Å². The zero-order chi connectivity index (χ0) is 27.7. The quantitative estimate of drug-likeness (QED) is 0.228. The molecule has 0 heterocycles. The number of allylic oxidation sites excluding steroid dienone is 2. The first kappa shape index (κ1) is 27.9. The van der Waals surface area contributed by atoms with Crippen molar-refractivity contribution in [1.82, 2.24) is 0 Å². The van der Waals surface area contributed by atoms with Crippen LogP contribution >= 0.6 is 0 Å². The van der Waals surface area contributed by atoms with Crippen molar-refractivity contribution in [1.29, 1.82) is 0 Å². The molecule has 0 bridgehead atoms. The second-order valence-electron chi connectivity index (χ2n) is 7.86. The summed E-state index contributed by atoms with van der Waals surface area (Å²) in [4.78, 5) is 25.6. The molecule has 198 valence electrons. The summed E-state index contributed by atoms with van der Waals surface area (Å²) in [5, 5.41) is 0. The molecule has 0 spiro atoms. The molecule has 8 heteroatoms. The van der Waals surface area contributed by atoms with E-state index >= 15 is 0 Å². The Balaban J connectivity index is 1.79. The second-order valence-corrected chi connectivity index (χ2v) is 7.86. The number of benzene rings is 3. The molecule has 0 atom stereocenters. The van der Waals surface area contributed by atoms with Crippen LogP contribution in [0.15, 0.2) is 60.7 Å². The first-order chi connectivity index (χ1) is 18.4. The lowest BCUT2D eigenvalue weighted by molar-refractivity contribution is 0.103. The molecule has 0 fully saturated rings. The van der Waals surface area contributed by atoms with Crippen LogP contribution in [0.25, 0.3) is 12.2 Å². The average Bonchev–Trinajstić information content (AvgIpc) is 2.97. The van der Waals surface area contributed by atoms with Crippen molar-refractivity contribution in [2.75, 3.05) is 42.7 Å². The van der Waals surface area contributed by atoms with E-state index in [0.29, 0.717) is 56.8 Å². The minimum absolute atomic E-state index is 0.243. The summed E-state index contributed by atoms with van der Waals surface area (Å²) in [6, 6.07) is 13.2. The highest BCUT2D eigenvalue weighted by molar-refractivity contribution is 6.10. The van der Waals surface area contributed by atoms with Crippen LogP contribution in [0.2, 0.25) is 0 Å². The monoisotopic (exact) mass is 518 g/mol. The number of rotatable bonds is 12. The molecule has 8 nitrogen and oxygen atoms in total. The number of hydrogen-bond donors (Lipinski definition) is 0. The Labute approximate surface area is 222 Å². The molecule has 38 heavy (non-hydrogen) atoms. The van der Waals surface area contributed by atoms with Crippen LogP contribution in [-0.2, 0) is 0 Å². The lowest BCUT2D eigenvalue weighted by atomic mass is 10.0. The topological polar surface area (TPSA) is 89.5 Å². The van der Waals surface area contributed by atoms with Crippen LogP contribution in [-0.4, -0.2) is 54.2 Å². The lowest BCUT2D eigenvalue weighted by Gasteiger charge is -2.12. The molecule has 0 radical (unpaired) electrons. The third-order valence-corrected chi connectivity index (χ3v) is 5.76. The van der Waals surface area contributed by atoms with Gasteiger partial charge in [-0.2, -0.15) is 0 Å². The smallest absolute Gasteiger partial charge is 0.185 e. The van der Waals surface area contributed by atoms with Gasteiger partial charge in [0.15, 0.2) is 11.6 Å². The van der Waals surface area contributed by atoms with Gasteiger partial charge in [0.25, 0.3) is 0 Å². The van der Waals surface area contributed by atoms with E-state index in [1.165, 1.54) is 40.6 Å². The average molecular weight is 519 g/mol. The molecule has 3 aromatic rings. The molecule has 0 saturated heterocycles. The van der Waals surface area contributed by atoms with Gasteiger partial charge in [0.2, 0.25) is 0 Å². The Morgan fingerprint density at radius 3 is 1.03 bits per heavy atom. The van der Waals surface area contributed by atoms with Crippen molar-refractivity contribution in [3.05, 3.63) is 82.9 Å². The zero-order valence-corrected chi connectivity index (χ0v) is 22.2. The Hall–Kier alpha value is -4.72. The third-order valence-electron chi connectivity index (χ3n) is 5.76. The van der Waals surface area contributed by atoms with Crippen LogP contribution in [0.5, 0.6) is 34.5 Å². The summed E-state index contributed by atoms with van der Waals surface area (Å²) in [6.07, 6.45) is 6.09. The Morgan fingerprint density at radius 1 is 0.500 bits per heavy atom. The molecule has 0 aliphatic heterocycles.